The maximum absolute atomic E-state index is 13.7. The first kappa shape index (κ1) is 15.9. The predicted molar refractivity (Wildman–Crippen MR) is 70.7 cm³/mol. The number of nitrogens with zero attached hydrogens (tertiary/aromatic N) is 1. The van der Waals surface area contributed by atoms with E-state index in [2.05, 4.69) is 0 Å². The van der Waals surface area contributed by atoms with Gasteiger partial charge in [-0.05, 0) is 27.7 Å². The summed E-state index contributed by atoms with van der Waals surface area (Å²) in [7, 11) is 0. The summed E-state index contributed by atoms with van der Waals surface area (Å²) in [5.41, 5.74) is -1.76. The molecule has 1 saturated heterocycles. The van der Waals surface area contributed by atoms with E-state index in [1.165, 1.54) is 4.90 Å². The molecule has 19 heavy (non-hydrogen) atoms. The summed E-state index contributed by atoms with van der Waals surface area (Å²) in [6.45, 7) is 10.3. The number of carbonyl (C=O) groups excluding carboxylic acids is 2. The van der Waals surface area contributed by atoms with Crippen molar-refractivity contribution in [1.82, 2.24) is 4.90 Å². The average Bonchev–Trinajstić information content (AvgIpc) is 2.51. The van der Waals surface area contributed by atoms with Crippen LogP contribution in [0.15, 0.2) is 0 Å². The number of ether oxygens (including phenoxy) is 1. The van der Waals surface area contributed by atoms with Crippen LogP contribution in [0.1, 0.15) is 48.0 Å². The zero-order valence-corrected chi connectivity index (χ0v) is 12.6. The molecule has 1 rings (SSSR count). The number of carbonyl (C=O) groups is 2. The number of ketones is 1. The highest BCUT2D eigenvalue weighted by atomic mass is 19.1. The quantitative estimate of drug-likeness (QED) is 0.777. The van der Waals surface area contributed by atoms with Crippen molar-refractivity contribution < 1.29 is 18.7 Å². The molecule has 0 aromatic rings. The van der Waals surface area contributed by atoms with Crippen molar-refractivity contribution in [2.45, 2.75) is 65.3 Å². The number of Topliss-reactive ketones (excluding diaryl/α,β-unsaturated/α-hetero) is 1. The van der Waals surface area contributed by atoms with Gasteiger partial charge in [-0.25, -0.2) is 9.18 Å². The van der Waals surface area contributed by atoms with Crippen molar-refractivity contribution >= 4 is 11.9 Å². The van der Waals surface area contributed by atoms with E-state index in [9.17, 15) is 14.0 Å². The maximum Gasteiger partial charge on any atom is 0.411 e. The summed E-state index contributed by atoms with van der Waals surface area (Å²) in [5, 5.41) is 0. The molecule has 1 aliphatic rings. The first-order valence-corrected chi connectivity index (χ1v) is 6.66. The van der Waals surface area contributed by atoms with Crippen LogP contribution >= 0.6 is 0 Å². The van der Waals surface area contributed by atoms with Crippen molar-refractivity contribution in [2.75, 3.05) is 6.54 Å². The van der Waals surface area contributed by atoms with Gasteiger partial charge in [-0.1, -0.05) is 13.8 Å². The standard InChI is InChI=1S/C14H24FNO3/c1-9(2)11(17)14(6)7-10(15)8-16(14)12(18)19-13(3,4)5/h9-10H,7-8H2,1-6H3/t10-,14+/m1/s1. The molecule has 0 aromatic carbocycles. The minimum Gasteiger partial charge on any atom is -0.444 e. The molecule has 0 spiro atoms. The average molecular weight is 273 g/mol. The fourth-order valence-corrected chi connectivity index (χ4v) is 2.45. The molecule has 0 aliphatic carbocycles. The molecule has 110 valence electrons. The second-order valence-corrected chi connectivity index (χ2v) is 6.69. The van der Waals surface area contributed by atoms with Crippen molar-refractivity contribution in [1.29, 1.82) is 0 Å². The zero-order chi connectivity index (χ0) is 15.0. The third-order valence-corrected chi connectivity index (χ3v) is 3.26. The first-order chi connectivity index (χ1) is 8.47. The molecule has 2 atom stereocenters. The lowest BCUT2D eigenvalue weighted by Gasteiger charge is -2.35. The molecule has 1 fully saturated rings. The minimum absolute atomic E-state index is 0.0449. The molecule has 0 N–H and O–H groups in total. The fourth-order valence-electron chi connectivity index (χ4n) is 2.45. The largest absolute Gasteiger partial charge is 0.444 e. The molecular weight excluding hydrogens is 249 g/mol. The van der Waals surface area contributed by atoms with E-state index in [1.54, 1.807) is 41.5 Å². The number of alkyl halides is 1. The molecule has 1 heterocycles. The minimum atomic E-state index is -1.18. The molecule has 1 aliphatic heterocycles. The van der Waals surface area contributed by atoms with Crippen molar-refractivity contribution in [2.24, 2.45) is 5.92 Å². The highest BCUT2D eigenvalue weighted by Gasteiger charge is 2.51. The monoisotopic (exact) mass is 273 g/mol. The van der Waals surface area contributed by atoms with Crippen LogP contribution in [0.2, 0.25) is 0 Å². The Morgan fingerprint density at radius 2 is 1.89 bits per heavy atom. The van der Waals surface area contributed by atoms with Gasteiger partial charge in [0.1, 0.15) is 17.3 Å². The Morgan fingerprint density at radius 3 is 2.32 bits per heavy atom. The molecule has 0 unspecified atom stereocenters. The van der Waals surface area contributed by atoms with Crippen LogP contribution in [0.4, 0.5) is 9.18 Å². The van der Waals surface area contributed by atoms with E-state index >= 15 is 0 Å². The Labute approximate surface area is 114 Å². The Balaban J connectivity index is 2.97. The molecule has 4 nitrogen and oxygen atoms in total. The van der Waals surface area contributed by atoms with Gasteiger partial charge in [0, 0.05) is 12.3 Å². The number of hydrogen-bond acceptors (Lipinski definition) is 3. The highest BCUT2D eigenvalue weighted by Crippen LogP contribution is 2.35. The topological polar surface area (TPSA) is 46.6 Å². The van der Waals surface area contributed by atoms with Crippen molar-refractivity contribution in [3.8, 4) is 0 Å². The zero-order valence-electron chi connectivity index (χ0n) is 12.6. The lowest BCUT2D eigenvalue weighted by atomic mass is 9.86. The SMILES string of the molecule is CC(C)C(=O)[C@]1(C)C[C@@H](F)CN1C(=O)OC(C)(C)C. The molecule has 0 saturated carbocycles. The number of rotatable bonds is 2. The van der Waals surface area contributed by atoms with Crippen molar-refractivity contribution in [3.05, 3.63) is 0 Å². The predicted octanol–water partition coefficient (Wildman–Crippen LogP) is 2.95. The first-order valence-electron chi connectivity index (χ1n) is 6.66. The van der Waals surface area contributed by atoms with Crippen LogP contribution in [-0.2, 0) is 9.53 Å². The van der Waals surface area contributed by atoms with E-state index < -0.39 is 23.4 Å². The van der Waals surface area contributed by atoms with E-state index in [1.807, 2.05) is 0 Å². The maximum atomic E-state index is 13.7. The van der Waals surface area contributed by atoms with Gasteiger partial charge in [0.25, 0.3) is 0 Å². The third-order valence-electron chi connectivity index (χ3n) is 3.26. The Kier molecular flexibility index (Phi) is 4.27. The van der Waals surface area contributed by atoms with Gasteiger partial charge in [0.15, 0.2) is 5.78 Å². The summed E-state index contributed by atoms with van der Waals surface area (Å²) in [6.07, 6.45) is -1.76. The molecule has 0 bridgehead atoms. The Hall–Kier alpha value is -1.13. The van der Waals surface area contributed by atoms with Crippen LogP contribution < -0.4 is 0 Å². The summed E-state index contributed by atoms with van der Waals surface area (Å²) < 4.78 is 18.9. The summed E-state index contributed by atoms with van der Waals surface area (Å²) in [6, 6.07) is 0. The smallest absolute Gasteiger partial charge is 0.411 e. The summed E-state index contributed by atoms with van der Waals surface area (Å²) in [5.74, 6) is -0.376. The van der Waals surface area contributed by atoms with Gasteiger partial charge in [0.2, 0.25) is 0 Å². The normalized spacial score (nSPS) is 27.8. The van der Waals surface area contributed by atoms with Gasteiger partial charge in [-0.15, -0.1) is 0 Å². The summed E-state index contributed by atoms with van der Waals surface area (Å²) in [4.78, 5) is 25.7. The van der Waals surface area contributed by atoms with E-state index in [0.29, 0.717) is 0 Å². The van der Waals surface area contributed by atoms with Gasteiger partial charge in [-0.3, -0.25) is 9.69 Å². The molecular formula is C14H24FNO3. The van der Waals surface area contributed by atoms with E-state index in [4.69, 9.17) is 4.74 Å². The van der Waals surface area contributed by atoms with Gasteiger partial charge in [-0.2, -0.15) is 0 Å². The van der Waals surface area contributed by atoms with Crippen LogP contribution in [0.5, 0.6) is 0 Å². The second-order valence-electron chi connectivity index (χ2n) is 6.69. The lowest BCUT2D eigenvalue weighted by molar-refractivity contribution is -0.131. The van der Waals surface area contributed by atoms with Crippen LogP contribution in [-0.4, -0.2) is 40.6 Å². The number of amides is 1. The van der Waals surface area contributed by atoms with Gasteiger partial charge >= 0.3 is 6.09 Å². The number of likely N-dealkylation sites (tertiary alicyclic amines) is 1. The second kappa shape index (κ2) is 5.10. The molecule has 1 amide bonds. The number of halogens is 1. The Bertz CT molecular complexity index is 375. The molecule has 0 radical (unpaired) electrons. The van der Waals surface area contributed by atoms with Gasteiger partial charge < -0.3 is 4.74 Å². The van der Waals surface area contributed by atoms with Crippen LogP contribution in [0.3, 0.4) is 0 Å². The molecule has 0 aromatic heterocycles. The van der Waals surface area contributed by atoms with Crippen molar-refractivity contribution in [3.63, 3.8) is 0 Å². The third kappa shape index (κ3) is 3.45. The van der Waals surface area contributed by atoms with E-state index in [-0.39, 0.29) is 24.7 Å². The van der Waals surface area contributed by atoms with Crippen LogP contribution in [0, 0.1) is 5.92 Å². The Morgan fingerprint density at radius 1 is 1.37 bits per heavy atom. The fraction of sp³-hybridized carbons (Fsp3) is 0.857. The molecule has 5 heteroatoms. The van der Waals surface area contributed by atoms with Gasteiger partial charge in [0.05, 0.1) is 6.54 Å². The van der Waals surface area contributed by atoms with E-state index in [0.717, 1.165) is 0 Å². The summed E-state index contributed by atoms with van der Waals surface area (Å²) >= 11 is 0. The number of hydrogen-bond donors (Lipinski definition) is 0. The highest BCUT2D eigenvalue weighted by molar-refractivity contribution is 5.93. The lowest BCUT2D eigenvalue weighted by Crippen LogP contribution is -2.53. The van der Waals surface area contributed by atoms with Crippen LogP contribution in [0.25, 0.3) is 0 Å².